The summed E-state index contributed by atoms with van der Waals surface area (Å²) in [7, 11) is 0. The summed E-state index contributed by atoms with van der Waals surface area (Å²) in [4.78, 5) is 19.1. The molecule has 2 aromatic rings. The van der Waals surface area contributed by atoms with E-state index in [0.29, 0.717) is 30.1 Å². The molecule has 0 unspecified atom stereocenters. The van der Waals surface area contributed by atoms with E-state index in [1.54, 1.807) is 6.07 Å². The van der Waals surface area contributed by atoms with Gasteiger partial charge in [0.25, 0.3) is 5.91 Å². The fourth-order valence-electron chi connectivity index (χ4n) is 2.48. The van der Waals surface area contributed by atoms with Gasteiger partial charge in [-0.1, -0.05) is 5.16 Å². The van der Waals surface area contributed by atoms with Crippen LogP contribution >= 0.6 is 0 Å². The monoisotopic (exact) mass is 308 g/mol. The summed E-state index contributed by atoms with van der Waals surface area (Å²) in [5, 5.41) is 3.84. The molecule has 1 aliphatic carbocycles. The van der Waals surface area contributed by atoms with E-state index in [0.717, 1.165) is 0 Å². The first-order valence-electron chi connectivity index (χ1n) is 6.92. The number of carbonyl (C=O) groups excluding carboxylic acids is 1. The summed E-state index contributed by atoms with van der Waals surface area (Å²) in [5.74, 6) is -2.67. The lowest BCUT2D eigenvalue weighted by molar-refractivity contribution is -0.0402. The van der Waals surface area contributed by atoms with Gasteiger partial charge in [0, 0.05) is 30.5 Å². The van der Waals surface area contributed by atoms with Crippen LogP contribution in [0.3, 0.4) is 0 Å². The second-order valence-corrected chi connectivity index (χ2v) is 5.38. The number of halogens is 2. The van der Waals surface area contributed by atoms with Crippen molar-refractivity contribution >= 4 is 5.91 Å². The molecule has 2 aromatic heterocycles. The zero-order chi connectivity index (χ0) is 15.7. The number of amides is 1. The first-order valence-corrected chi connectivity index (χ1v) is 6.92. The number of hydrogen-bond donors (Lipinski definition) is 1. The molecule has 2 N–H and O–H groups in total. The molecule has 1 amide bonds. The lowest BCUT2D eigenvalue weighted by Gasteiger charge is -2.25. The molecule has 116 valence electrons. The normalized spacial score (nSPS) is 18.3. The van der Waals surface area contributed by atoms with Gasteiger partial charge in [-0.15, -0.1) is 0 Å². The minimum Gasteiger partial charge on any atom is -0.364 e. The maximum atomic E-state index is 13.2. The van der Waals surface area contributed by atoms with Crippen molar-refractivity contribution in [3.63, 3.8) is 0 Å². The van der Waals surface area contributed by atoms with Gasteiger partial charge in [-0.2, -0.15) is 4.98 Å². The number of nitrogens with zero attached hydrogens (tertiary/aromatic N) is 3. The van der Waals surface area contributed by atoms with Crippen molar-refractivity contribution in [3.05, 3.63) is 29.9 Å². The van der Waals surface area contributed by atoms with Crippen LogP contribution in [-0.2, 0) is 0 Å². The fraction of sp³-hybridized carbons (Fsp3) is 0.429. The highest BCUT2D eigenvalue weighted by molar-refractivity contribution is 5.90. The van der Waals surface area contributed by atoms with Gasteiger partial charge >= 0.3 is 0 Å². The molecule has 0 bridgehead atoms. The first kappa shape index (κ1) is 14.6. The molecule has 0 aliphatic heterocycles. The summed E-state index contributed by atoms with van der Waals surface area (Å²) in [6, 6.07) is 3.08. The third-order valence-corrected chi connectivity index (χ3v) is 3.78. The predicted octanol–water partition coefficient (Wildman–Crippen LogP) is 2.52. The molecule has 8 heteroatoms. The molecular formula is C14H14F2N4O2. The van der Waals surface area contributed by atoms with Gasteiger partial charge in [0.15, 0.2) is 0 Å². The van der Waals surface area contributed by atoms with E-state index in [4.69, 9.17) is 10.3 Å². The lowest BCUT2D eigenvalue weighted by atomic mass is 9.87. The Kier molecular flexibility index (Phi) is 3.59. The Morgan fingerprint density at radius 3 is 2.64 bits per heavy atom. The molecule has 2 heterocycles. The molecule has 0 saturated heterocycles. The number of hydrogen-bond acceptors (Lipinski definition) is 5. The van der Waals surface area contributed by atoms with Crippen molar-refractivity contribution in [2.24, 2.45) is 5.73 Å². The zero-order valence-electron chi connectivity index (χ0n) is 11.6. The molecule has 0 spiro atoms. The van der Waals surface area contributed by atoms with E-state index >= 15 is 0 Å². The van der Waals surface area contributed by atoms with Crippen LogP contribution in [0.25, 0.3) is 11.4 Å². The molecule has 0 radical (unpaired) electrons. The molecule has 1 fully saturated rings. The summed E-state index contributed by atoms with van der Waals surface area (Å²) in [6.45, 7) is 0. The molecule has 3 rings (SSSR count). The van der Waals surface area contributed by atoms with Crippen molar-refractivity contribution in [3.8, 4) is 11.4 Å². The highest BCUT2D eigenvalue weighted by Gasteiger charge is 2.37. The Bertz CT molecular complexity index is 674. The highest BCUT2D eigenvalue weighted by atomic mass is 19.3. The average Bonchev–Trinajstić information content (AvgIpc) is 2.97. The van der Waals surface area contributed by atoms with Gasteiger partial charge < -0.3 is 10.3 Å². The van der Waals surface area contributed by atoms with Crippen LogP contribution in [-0.4, -0.2) is 27.0 Å². The van der Waals surface area contributed by atoms with Crippen molar-refractivity contribution in [2.45, 2.75) is 37.5 Å². The van der Waals surface area contributed by atoms with Gasteiger partial charge in [0.05, 0.1) is 0 Å². The zero-order valence-corrected chi connectivity index (χ0v) is 11.6. The number of nitrogens with two attached hydrogens (primary N) is 1. The second-order valence-electron chi connectivity index (χ2n) is 5.38. The van der Waals surface area contributed by atoms with E-state index in [9.17, 15) is 13.6 Å². The van der Waals surface area contributed by atoms with E-state index in [2.05, 4.69) is 15.1 Å². The first-order chi connectivity index (χ1) is 10.4. The fourth-order valence-corrected chi connectivity index (χ4v) is 2.48. The van der Waals surface area contributed by atoms with Crippen LogP contribution in [0.4, 0.5) is 8.78 Å². The quantitative estimate of drug-likeness (QED) is 0.940. The number of carbonyl (C=O) groups is 1. The van der Waals surface area contributed by atoms with Crippen molar-refractivity contribution in [1.82, 2.24) is 15.1 Å². The third-order valence-electron chi connectivity index (χ3n) is 3.78. The Morgan fingerprint density at radius 2 is 2.05 bits per heavy atom. The molecule has 6 nitrogen and oxygen atoms in total. The Balaban J connectivity index is 1.75. The molecule has 0 atom stereocenters. The molecule has 22 heavy (non-hydrogen) atoms. The molecule has 0 aromatic carbocycles. The Hall–Kier alpha value is -2.38. The van der Waals surface area contributed by atoms with Gasteiger partial charge in [-0.05, 0) is 25.0 Å². The van der Waals surface area contributed by atoms with Crippen LogP contribution in [0.1, 0.15) is 48.0 Å². The lowest BCUT2D eigenvalue weighted by Crippen LogP contribution is -2.23. The van der Waals surface area contributed by atoms with Crippen LogP contribution < -0.4 is 5.73 Å². The van der Waals surface area contributed by atoms with Crippen LogP contribution in [0.15, 0.2) is 22.9 Å². The number of pyridine rings is 1. The maximum Gasteiger partial charge on any atom is 0.267 e. The summed E-state index contributed by atoms with van der Waals surface area (Å²) in [6.07, 6.45) is 1.75. The summed E-state index contributed by atoms with van der Waals surface area (Å²) < 4.78 is 31.5. The van der Waals surface area contributed by atoms with Crippen molar-refractivity contribution in [1.29, 1.82) is 0 Å². The highest BCUT2D eigenvalue weighted by Crippen LogP contribution is 2.40. The van der Waals surface area contributed by atoms with Crippen LogP contribution in [0.5, 0.6) is 0 Å². The summed E-state index contributed by atoms with van der Waals surface area (Å²) >= 11 is 0. The SMILES string of the molecule is NC(=O)c1ccc(-c2noc(C3CCC(F)(F)CC3)n2)cn1. The van der Waals surface area contributed by atoms with Gasteiger partial charge in [-0.25, -0.2) is 8.78 Å². The van der Waals surface area contributed by atoms with E-state index in [1.807, 2.05) is 0 Å². The van der Waals surface area contributed by atoms with E-state index in [-0.39, 0.29) is 24.5 Å². The standard InChI is InChI=1S/C14H14F2N4O2/c15-14(16)5-3-8(4-6-14)13-19-12(20-22-13)9-1-2-10(11(17)21)18-7-9/h1-2,7-8H,3-6H2,(H2,17,21). The largest absolute Gasteiger partial charge is 0.364 e. The minimum absolute atomic E-state index is 0.140. The number of primary amides is 1. The topological polar surface area (TPSA) is 94.9 Å². The van der Waals surface area contributed by atoms with E-state index in [1.165, 1.54) is 12.3 Å². The predicted molar refractivity (Wildman–Crippen MR) is 72.2 cm³/mol. The smallest absolute Gasteiger partial charge is 0.267 e. The Labute approximate surface area is 124 Å². The van der Waals surface area contributed by atoms with E-state index < -0.39 is 11.8 Å². The number of aromatic nitrogens is 3. The van der Waals surface area contributed by atoms with Gasteiger partial charge in [0.2, 0.25) is 17.6 Å². The molecular weight excluding hydrogens is 294 g/mol. The van der Waals surface area contributed by atoms with Gasteiger partial charge in [0.1, 0.15) is 5.69 Å². The number of alkyl halides is 2. The Morgan fingerprint density at radius 1 is 1.32 bits per heavy atom. The minimum atomic E-state index is -2.59. The maximum absolute atomic E-state index is 13.2. The molecule has 1 aliphatic rings. The third kappa shape index (κ3) is 2.95. The number of rotatable bonds is 3. The molecule has 1 saturated carbocycles. The summed E-state index contributed by atoms with van der Waals surface area (Å²) in [5.41, 5.74) is 5.82. The second kappa shape index (κ2) is 5.43. The van der Waals surface area contributed by atoms with Gasteiger partial charge in [-0.3, -0.25) is 9.78 Å². The van der Waals surface area contributed by atoms with Crippen molar-refractivity contribution < 1.29 is 18.1 Å². The average molecular weight is 308 g/mol. The van der Waals surface area contributed by atoms with Crippen LogP contribution in [0, 0.1) is 0 Å². The van der Waals surface area contributed by atoms with Crippen LogP contribution in [0.2, 0.25) is 0 Å². The van der Waals surface area contributed by atoms with Crippen molar-refractivity contribution in [2.75, 3.05) is 0 Å².